The van der Waals surface area contributed by atoms with Crippen molar-refractivity contribution in [2.75, 3.05) is 11.9 Å². The number of hydrogen-bond donors (Lipinski definition) is 1. The number of halogens is 1. The van der Waals surface area contributed by atoms with Gasteiger partial charge in [-0.05, 0) is 42.8 Å². The summed E-state index contributed by atoms with van der Waals surface area (Å²) in [6.07, 6.45) is 0. The molecule has 0 aromatic heterocycles. The van der Waals surface area contributed by atoms with Crippen LogP contribution in [0, 0.1) is 6.92 Å². The SMILES string of the molecule is Cc1cc(Br)cc(C(=O)N(C)c2cccc(O)c2)c1. The molecule has 0 unspecified atom stereocenters. The Morgan fingerprint density at radius 1 is 1.21 bits per heavy atom. The van der Waals surface area contributed by atoms with E-state index in [4.69, 9.17) is 0 Å². The number of carbonyl (C=O) groups excluding carboxylic acids is 1. The zero-order valence-electron chi connectivity index (χ0n) is 10.7. The number of hydrogen-bond acceptors (Lipinski definition) is 2. The summed E-state index contributed by atoms with van der Waals surface area (Å²) in [6.45, 7) is 1.94. The number of phenolic OH excluding ortho intramolecular Hbond substituents is 1. The number of amides is 1. The molecule has 98 valence electrons. The van der Waals surface area contributed by atoms with Crippen LogP contribution in [0.25, 0.3) is 0 Å². The van der Waals surface area contributed by atoms with E-state index < -0.39 is 0 Å². The van der Waals surface area contributed by atoms with Gasteiger partial charge >= 0.3 is 0 Å². The first kappa shape index (κ1) is 13.6. The van der Waals surface area contributed by atoms with Gasteiger partial charge in [0, 0.05) is 28.8 Å². The molecule has 0 spiro atoms. The second kappa shape index (κ2) is 5.45. The summed E-state index contributed by atoms with van der Waals surface area (Å²) in [5, 5.41) is 9.46. The summed E-state index contributed by atoms with van der Waals surface area (Å²) in [5.74, 6) is 0.0255. The van der Waals surface area contributed by atoms with Crippen molar-refractivity contribution in [3.8, 4) is 5.75 Å². The molecule has 0 saturated heterocycles. The Morgan fingerprint density at radius 2 is 1.95 bits per heavy atom. The van der Waals surface area contributed by atoms with Crippen LogP contribution in [0.3, 0.4) is 0 Å². The summed E-state index contributed by atoms with van der Waals surface area (Å²) in [7, 11) is 1.69. The summed E-state index contributed by atoms with van der Waals surface area (Å²) >= 11 is 3.39. The van der Waals surface area contributed by atoms with Gasteiger partial charge in [0.25, 0.3) is 5.91 Å². The fourth-order valence-corrected chi connectivity index (χ4v) is 2.48. The highest BCUT2D eigenvalue weighted by Crippen LogP contribution is 2.22. The number of phenols is 1. The van der Waals surface area contributed by atoms with E-state index in [1.165, 1.54) is 4.90 Å². The predicted molar refractivity (Wildman–Crippen MR) is 79.7 cm³/mol. The normalized spacial score (nSPS) is 10.3. The molecule has 3 nitrogen and oxygen atoms in total. The van der Waals surface area contributed by atoms with Gasteiger partial charge in [-0.1, -0.05) is 22.0 Å². The Bertz CT molecular complexity index is 605. The van der Waals surface area contributed by atoms with E-state index in [2.05, 4.69) is 15.9 Å². The van der Waals surface area contributed by atoms with Gasteiger partial charge in [-0.15, -0.1) is 0 Å². The standard InChI is InChI=1S/C15H14BrNO2/c1-10-6-11(8-12(16)7-10)15(19)17(2)13-4-3-5-14(18)9-13/h3-9,18H,1-2H3. The average molecular weight is 320 g/mol. The Hall–Kier alpha value is -1.81. The number of aryl methyl sites for hydroxylation is 1. The van der Waals surface area contributed by atoms with Crippen molar-refractivity contribution in [1.82, 2.24) is 0 Å². The molecule has 0 fully saturated rings. The molecule has 1 amide bonds. The Kier molecular flexibility index (Phi) is 3.90. The van der Waals surface area contributed by atoms with E-state index in [9.17, 15) is 9.90 Å². The van der Waals surface area contributed by atoms with E-state index in [0.29, 0.717) is 11.3 Å². The summed E-state index contributed by atoms with van der Waals surface area (Å²) < 4.78 is 0.875. The third-order valence-electron chi connectivity index (χ3n) is 2.81. The van der Waals surface area contributed by atoms with Gasteiger partial charge in [0.1, 0.15) is 5.75 Å². The van der Waals surface area contributed by atoms with Crippen molar-refractivity contribution in [3.05, 3.63) is 58.1 Å². The predicted octanol–water partition coefficient (Wildman–Crippen LogP) is 3.74. The number of benzene rings is 2. The average Bonchev–Trinajstić information content (AvgIpc) is 2.36. The van der Waals surface area contributed by atoms with Crippen LogP contribution < -0.4 is 4.90 Å². The van der Waals surface area contributed by atoms with Crippen LogP contribution in [0.1, 0.15) is 15.9 Å². The lowest BCUT2D eigenvalue weighted by Gasteiger charge is -2.18. The third-order valence-corrected chi connectivity index (χ3v) is 3.27. The first-order valence-corrected chi connectivity index (χ1v) is 6.61. The molecule has 2 aromatic carbocycles. The second-order valence-corrected chi connectivity index (χ2v) is 5.32. The molecular formula is C15H14BrNO2. The number of carbonyl (C=O) groups is 1. The molecule has 0 heterocycles. The van der Waals surface area contributed by atoms with Crippen LogP contribution in [-0.2, 0) is 0 Å². The molecule has 0 atom stereocenters. The maximum Gasteiger partial charge on any atom is 0.258 e. The van der Waals surface area contributed by atoms with Crippen LogP contribution in [0.4, 0.5) is 5.69 Å². The monoisotopic (exact) mass is 319 g/mol. The molecule has 0 saturated carbocycles. The molecule has 0 aliphatic rings. The Labute approximate surface area is 120 Å². The zero-order chi connectivity index (χ0) is 14.0. The van der Waals surface area contributed by atoms with Gasteiger partial charge in [-0.3, -0.25) is 4.79 Å². The van der Waals surface area contributed by atoms with E-state index >= 15 is 0 Å². The molecule has 4 heteroatoms. The van der Waals surface area contributed by atoms with Crippen molar-refractivity contribution in [2.45, 2.75) is 6.92 Å². The lowest BCUT2D eigenvalue weighted by molar-refractivity contribution is 0.0993. The molecule has 2 rings (SSSR count). The highest BCUT2D eigenvalue weighted by atomic mass is 79.9. The third kappa shape index (κ3) is 3.15. The number of aromatic hydroxyl groups is 1. The van der Waals surface area contributed by atoms with Crippen molar-refractivity contribution in [1.29, 1.82) is 0 Å². The minimum atomic E-state index is -0.116. The fourth-order valence-electron chi connectivity index (χ4n) is 1.87. The van der Waals surface area contributed by atoms with Crippen LogP contribution in [0.2, 0.25) is 0 Å². The molecule has 0 aliphatic carbocycles. The fraction of sp³-hybridized carbons (Fsp3) is 0.133. The molecular weight excluding hydrogens is 306 g/mol. The second-order valence-electron chi connectivity index (χ2n) is 4.40. The van der Waals surface area contributed by atoms with E-state index in [1.54, 1.807) is 37.4 Å². The van der Waals surface area contributed by atoms with Gasteiger partial charge in [0.05, 0.1) is 0 Å². The van der Waals surface area contributed by atoms with Crippen molar-refractivity contribution < 1.29 is 9.90 Å². The lowest BCUT2D eigenvalue weighted by atomic mass is 10.1. The minimum Gasteiger partial charge on any atom is -0.508 e. The maximum absolute atomic E-state index is 12.4. The van der Waals surface area contributed by atoms with E-state index in [0.717, 1.165) is 10.0 Å². The topological polar surface area (TPSA) is 40.5 Å². The Balaban J connectivity index is 2.33. The molecule has 2 aromatic rings. The summed E-state index contributed by atoms with van der Waals surface area (Å²) in [5.41, 5.74) is 2.28. The van der Waals surface area contributed by atoms with Gasteiger partial charge in [-0.25, -0.2) is 0 Å². The minimum absolute atomic E-state index is 0.116. The summed E-state index contributed by atoms with van der Waals surface area (Å²) in [6, 6.07) is 12.2. The summed E-state index contributed by atoms with van der Waals surface area (Å²) in [4.78, 5) is 13.9. The zero-order valence-corrected chi connectivity index (χ0v) is 12.3. The first-order valence-electron chi connectivity index (χ1n) is 5.81. The number of nitrogens with zero attached hydrogens (tertiary/aromatic N) is 1. The van der Waals surface area contributed by atoms with Gasteiger partial charge in [0.15, 0.2) is 0 Å². The molecule has 0 radical (unpaired) electrons. The van der Waals surface area contributed by atoms with Gasteiger partial charge in [-0.2, -0.15) is 0 Å². The highest BCUT2D eigenvalue weighted by Gasteiger charge is 2.14. The van der Waals surface area contributed by atoms with E-state index in [1.807, 2.05) is 19.1 Å². The van der Waals surface area contributed by atoms with Crippen LogP contribution in [0.5, 0.6) is 5.75 Å². The first-order chi connectivity index (χ1) is 8.97. The quantitative estimate of drug-likeness (QED) is 0.916. The van der Waals surface area contributed by atoms with Gasteiger partial charge < -0.3 is 10.0 Å². The molecule has 0 aliphatic heterocycles. The molecule has 1 N–H and O–H groups in total. The van der Waals surface area contributed by atoms with Gasteiger partial charge in [0.2, 0.25) is 0 Å². The van der Waals surface area contributed by atoms with Crippen molar-refractivity contribution in [2.24, 2.45) is 0 Å². The highest BCUT2D eigenvalue weighted by molar-refractivity contribution is 9.10. The van der Waals surface area contributed by atoms with Crippen LogP contribution in [0.15, 0.2) is 46.9 Å². The largest absolute Gasteiger partial charge is 0.508 e. The van der Waals surface area contributed by atoms with Crippen molar-refractivity contribution in [3.63, 3.8) is 0 Å². The van der Waals surface area contributed by atoms with E-state index in [-0.39, 0.29) is 11.7 Å². The molecule has 19 heavy (non-hydrogen) atoms. The molecule has 0 bridgehead atoms. The maximum atomic E-state index is 12.4. The van der Waals surface area contributed by atoms with Crippen LogP contribution >= 0.6 is 15.9 Å². The van der Waals surface area contributed by atoms with Crippen LogP contribution in [-0.4, -0.2) is 18.1 Å². The smallest absolute Gasteiger partial charge is 0.258 e. The van der Waals surface area contributed by atoms with Crippen molar-refractivity contribution >= 4 is 27.5 Å². The Morgan fingerprint density at radius 3 is 2.58 bits per heavy atom. The lowest BCUT2D eigenvalue weighted by Crippen LogP contribution is -2.26. The number of rotatable bonds is 2. The number of anilines is 1.